The largest absolute Gasteiger partial charge is 0.573 e. The van der Waals surface area contributed by atoms with E-state index < -0.39 is 6.36 Å². The highest BCUT2D eigenvalue weighted by Gasteiger charge is 2.32. The molecule has 0 aliphatic rings. The minimum atomic E-state index is -4.69. The number of fused-ring (bicyclic) bond motifs is 1. The van der Waals surface area contributed by atoms with E-state index in [4.69, 9.17) is 0 Å². The van der Waals surface area contributed by atoms with Crippen LogP contribution in [-0.2, 0) is 0 Å². The molecular formula is C11H6BrF3O. The minimum Gasteiger partial charge on any atom is -0.404 e. The van der Waals surface area contributed by atoms with Crippen molar-refractivity contribution in [2.24, 2.45) is 0 Å². The van der Waals surface area contributed by atoms with Crippen molar-refractivity contribution in [1.29, 1.82) is 0 Å². The number of rotatable bonds is 1. The smallest absolute Gasteiger partial charge is 0.404 e. The van der Waals surface area contributed by atoms with E-state index in [-0.39, 0.29) is 10.2 Å². The molecule has 5 heteroatoms. The Balaban J connectivity index is 2.62. The maximum Gasteiger partial charge on any atom is 0.573 e. The van der Waals surface area contributed by atoms with Gasteiger partial charge >= 0.3 is 6.36 Å². The fourth-order valence-electron chi connectivity index (χ4n) is 1.44. The van der Waals surface area contributed by atoms with E-state index in [2.05, 4.69) is 20.7 Å². The molecule has 0 saturated heterocycles. The standard InChI is InChI=1S/C11H6BrF3O/c12-9-6-5-7-3-1-2-4-8(7)10(9)16-11(13,14)15/h1-6H. The van der Waals surface area contributed by atoms with Gasteiger partial charge in [0.25, 0.3) is 0 Å². The van der Waals surface area contributed by atoms with Crippen molar-refractivity contribution in [3.63, 3.8) is 0 Å². The number of alkyl halides is 3. The summed E-state index contributed by atoms with van der Waals surface area (Å²) in [6.45, 7) is 0. The highest BCUT2D eigenvalue weighted by molar-refractivity contribution is 9.10. The first-order valence-electron chi connectivity index (χ1n) is 4.40. The zero-order valence-corrected chi connectivity index (χ0v) is 9.47. The van der Waals surface area contributed by atoms with Crippen molar-refractivity contribution in [2.75, 3.05) is 0 Å². The zero-order chi connectivity index (χ0) is 11.8. The Bertz CT molecular complexity index is 522. The van der Waals surface area contributed by atoms with Gasteiger partial charge in [0.15, 0.2) is 5.75 Å². The van der Waals surface area contributed by atoms with Crippen molar-refractivity contribution in [3.05, 3.63) is 40.9 Å². The Morgan fingerprint density at radius 2 is 1.69 bits per heavy atom. The first-order chi connectivity index (χ1) is 7.47. The van der Waals surface area contributed by atoms with Crippen LogP contribution >= 0.6 is 15.9 Å². The third-order valence-electron chi connectivity index (χ3n) is 2.05. The quantitative estimate of drug-likeness (QED) is 0.751. The van der Waals surface area contributed by atoms with Crippen LogP contribution < -0.4 is 4.74 Å². The molecule has 2 aromatic carbocycles. The predicted octanol–water partition coefficient (Wildman–Crippen LogP) is 4.50. The van der Waals surface area contributed by atoms with Crippen LogP contribution in [-0.4, -0.2) is 6.36 Å². The molecular weight excluding hydrogens is 285 g/mol. The Labute approximate surface area is 98.0 Å². The molecule has 0 aliphatic carbocycles. The molecule has 2 aromatic rings. The van der Waals surface area contributed by atoms with Crippen LogP contribution in [0.25, 0.3) is 10.8 Å². The molecule has 0 atom stereocenters. The summed E-state index contributed by atoms with van der Waals surface area (Å²) in [5.74, 6) is -0.203. The van der Waals surface area contributed by atoms with Crippen molar-refractivity contribution < 1.29 is 17.9 Å². The lowest BCUT2D eigenvalue weighted by Crippen LogP contribution is -2.17. The van der Waals surface area contributed by atoms with Gasteiger partial charge in [-0.05, 0) is 27.4 Å². The van der Waals surface area contributed by atoms with Gasteiger partial charge in [0.05, 0.1) is 4.47 Å². The van der Waals surface area contributed by atoms with Gasteiger partial charge in [-0.3, -0.25) is 0 Å². The van der Waals surface area contributed by atoms with E-state index in [1.54, 1.807) is 30.3 Å². The van der Waals surface area contributed by atoms with E-state index in [1.165, 1.54) is 6.07 Å². The van der Waals surface area contributed by atoms with E-state index in [0.29, 0.717) is 10.8 Å². The minimum absolute atomic E-state index is 0.203. The molecule has 0 N–H and O–H groups in total. The lowest BCUT2D eigenvalue weighted by molar-refractivity contribution is -0.274. The molecule has 1 nitrogen and oxygen atoms in total. The predicted molar refractivity (Wildman–Crippen MR) is 58.3 cm³/mol. The highest BCUT2D eigenvalue weighted by atomic mass is 79.9. The molecule has 0 saturated carbocycles. The van der Waals surface area contributed by atoms with Crippen LogP contribution in [0.4, 0.5) is 13.2 Å². The maximum absolute atomic E-state index is 12.2. The first-order valence-corrected chi connectivity index (χ1v) is 5.20. The van der Waals surface area contributed by atoms with Gasteiger partial charge < -0.3 is 4.74 Å². The number of hydrogen-bond acceptors (Lipinski definition) is 1. The summed E-state index contributed by atoms with van der Waals surface area (Å²) in [4.78, 5) is 0. The zero-order valence-electron chi connectivity index (χ0n) is 7.88. The SMILES string of the molecule is FC(F)(F)Oc1c(Br)ccc2ccccc12. The average Bonchev–Trinajstić information content (AvgIpc) is 2.21. The van der Waals surface area contributed by atoms with Crippen molar-refractivity contribution in [1.82, 2.24) is 0 Å². The lowest BCUT2D eigenvalue weighted by atomic mass is 10.1. The second-order valence-electron chi connectivity index (χ2n) is 3.15. The van der Waals surface area contributed by atoms with Crippen LogP contribution in [0.3, 0.4) is 0 Å². The number of hydrogen-bond donors (Lipinski definition) is 0. The van der Waals surface area contributed by atoms with Crippen LogP contribution in [0.2, 0.25) is 0 Å². The first kappa shape index (κ1) is 11.3. The third-order valence-corrected chi connectivity index (χ3v) is 2.67. The van der Waals surface area contributed by atoms with Gasteiger partial charge in [-0.2, -0.15) is 0 Å². The van der Waals surface area contributed by atoms with E-state index in [1.807, 2.05) is 0 Å². The maximum atomic E-state index is 12.2. The van der Waals surface area contributed by atoms with Crippen LogP contribution in [0.15, 0.2) is 40.9 Å². The van der Waals surface area contributed by atoms with E-state index >= 15 is 0 Å². The summed E-state index contributed by atoms with van der Waals surface area (Å²) in [6.07, 6.45) is -4.69. The van der Waals surface area contributed by atoms with Crippen molar-refractivity contribution in [2.45, 2.75) is 6.36 Å². The molecule has 0 amide bonds. The third kappa shape index (κ3) is 2.29. The Morgan fingerprint density at radius 1 is 1.00 bits per heavy atom. The van der Waals surface area contributed by atoms with Gasteiger partial charge in [-0.1, -0.05) is 30.3 Å². The summed E-state index contributed by atoms with van der Waals surface area (Å²) in [7, 11) is 0. The lowest BCUT2D eigenvalue weighted by Gasteiger charge is -2.12. The van der Waals surface area contributed by atoms with Crippen LogP contribution in [0, 0.1) is 0 Å². The highest BCUT2D eigenvalue weighted by Crippen LogP contribution is 2.36. The second kappa shape index (κ2) is 3.97. The molecule has 0 unspecified atom stereocenters. The van der Waals surface area contributed by atoms with Crippen molar-refractivity contribution in [3.8, 4) is 5.75 Å². The molecule has 84 valence electrons. The van der Waals surface area contributed by atoms with Gasteiger partial charge in [0.1, 0.15) is 0 Å². The molecule has 0 aromatic heterocycles. The molecule has 0 bridgehead atoms. The normalized spacial score (nSPS) is 11.8. The Morgan fingerprint density at radius 3 is 2.38 bits per heavy atom. The van der Waals surface area contributed by atoms with E-state index in [9.17, 15) is 13.2 Å². The number of benzene rings is 2. The molecule has 0 fully saturated rings. The van der Waals surface area contributed by atoms with Gasteiger partial charge in [-0.25, -0.2) is 0 Å². The van der Waals surface area contributed by atoms with Gasteiger partial charge in [-0.15, -0.1) is 13.2 Å². The van der Waals surface area contributed by atoms with Crippen LogP contribution in [0.5, 0.6) is 5.75 Å². The van der Waals surface area contributed by atoms with Gasteiger partial charge in [0.2, 0.25) is 0 Å². The summed E-state index contributed by atoms with van der Waals surface area (Å²) in [5.41, 5.74) is 0. The number of halogens is 4. The van der Waals surface area contributed by atoms with E-state index in [0.717, 1.165) is 0 Å². The topological polar surface area (TPSA) is 9.23 Å². The molecule has 16 heavy (non-hydrogen) atoms. The summed E-state index contributed by atoms with van der Waals surface area (Å²) >= 11 is 3.05. The molecule has 0 spiro atoms. The monoisotopic (exact) mass is 290 g/mol. The average molecular weight is 291 g/mol. The molecule has 0 heterocycles. The van der Waals surface area contributed by atoms with Crippen LogP contribution in [0.1, 0.15) is 0 Å². The summed E-state index contributed by atoms with van der Waals surface area (Å²) < 4.78 is 40.9. The summed E-state index contributed by atoms with van der Waals surface area (Å²) in [5, 5.41) is 1.12. The summed E-state index contributed by atoms with van der Waals surface area (Å²) in [6, 6.07) is 9.99. The molecule has 0 radical (unpaired) electrons. The van der Waals surface area contributed by atoms with Gasteiger partial charge in [0, 0.05) is 5.39 Å². The molecule has 0 aliphatic heterocycles. The van der Waals surface area contributed by atoms with Crippen molar-refractivity contribution >= 4 is 26.7 Å². The second-order valence-corrected chi connectivity index (χ2v) is 4.00. The Hall–Kier alpha value is -1.23. The molecule has 2 rings (SSSR count). The Kier molecular flexibility index (Phi) is 2.80. The fraction of sp³-hybridized carbons (Fsp3) is 0.0909. The fourth-order valence-corrected chi connectivity index (χ4v) is 1.86. The number of ether oxygens (including phenoxy) is 1.